The number of hydrogen-bond donors (Lipinski definition) is 2. The molecule has 2 aliphatic heterocycles. The number of nitrogens with one attached hydrogen (secondary N) is 2. The second kappa shape index (κ2) is 9.81. The Balaban J connectivity index is 0.00000162. The van der Waals surface area contributed by atoms with E-state index in [1.807, 2.05) is 0 Å². The lowest BCUT2D eigenvalue weighted by molar-refractivity contribution is -0.126. The Bertz CT molecular complexity index is 260. The number of amides is 1. The van der Waals surface area contributed by atoms with Gasteiger partial charge in [0.15, 0.2) is 0 Å². The molecule has 2 N–H and O–H groups in total. The molecule has 0 radical (unpaired) electrons. The zero-order chi connectivity index (χ0) is 12.1. The van der Waals surface area contributed by atoms with Crippen LogP contribution in [0.5, 0.6) is 0 Å². The lowest BCUT2D eigenvalue weighted by atomic mass is 10.1. The van der Waals surface area contributed by atoms with Gasteiger partial charge < -0.3 is 10.6 Å². The van der Waals surface area contributed by atoms with Crippen molar-refractivity contribution in [3.63, 3.8) is 0 Å². The summed E-state index contributed by atoms with van der Waals surface area (Å²) in [6.07, 6.45) is 5.63. The first kappa shape index (κ1) is 19.0. The van der Waals surface area contributed by atoms with E-state index in [0.29, 0.717) is 6.04 Å². The number of carbonyl (C=O) groups excluding carboxylic acids is 1. The van der Waals surface area contributed by atoms with Crippen LogP contribution in [0.25, 0.3) is 0 Å². The number of carbonyl (C=O) groups is 1. The molecule has 2 rings (SSSR count). The maximum absolute atomic E-state index is 12.2. The molecule has 0 aromatic rings. The van der Waals surface area contributed by atoms with E-state index in [9.17, 15) is 4.79 Å². The smallest absolute Gasteiger partial charge is 0.237 e. The van der Waals surface area contributed by atoms with Gasteiger partial charge in [-0.15, -0.1) is 24.8 Å². The summed E-state index contributed by atoms with van der Waals surface area (Å²) < 4.78 is 0. The van der Waals surface area contributed by atoms with Crippen molar-refractivity contribution in [2.75, 3.05) is 26.2 Å². The largest absolute Gasteiger partial charge is 0.351 e. The number of nitrogens with zero attached hydrogens (tertiary/aromatic N) is 1. The highest BCUT2D eigenvalue weighted by molar-refractivity contribution is 5.85. The van der Waals surface area contributed by atoms with Gasteiger partial charge in [0.2, 0.25) is 5.91 Å². The van der Waals surface area contributed by atoms with Gasteiger partial charge in [0.05, 0.1) is 6.04 Å². The minimum Gasteiger partial charge on any atom is -0.351 e. The van der Waals surface area contributed by atoms with Crippen LogP contribution in [0.15, 0.2) is 0 Å². The summed E-state index contributed by atoms with van der Waals surface area (Å²) in [5.74, 6) is 0.254. The van der Waals surface area contributed by atoms with Crippen molar-refractivity contribution in [1.29, 1.82) is 0 Å². The number of halogens is 2. The van der Waals surface area contributed by atoms with Gasteiger partial charge in [-0.25, -0.2) is 0 Å². The molecule has 0 aromatic carbocycles. The molecule has 114 valence electrons. The Hall–Kier alpha value is -0.0300. The van der Waals surface area contributed by atoms with Crippen molar-refractivity contribution in [3.8, 4) is 0 Å². The zero-order valence-electron chi connectivity index (χ0n) is 11.7. The Kier molecular flexibility index (Phi) is 9.79. The van der Waals surface area contributed by atoms with Gasteiger partial charge >= 0.3 is 0 Å². The Morgan fingerprint density at radius 2 is 2.11 bits per heavy atom. The third kappa shape index (κ3) is 5.46. The molecular weight excluding hydrogens is 285 g/mol. The standard InChI is InChI=1S/C13H25N3O.2ClH/c1-2-8-16-9-4-6-12(16)13(17)15-11-5-3-7-14-10-11;;/h11-12,14H,2-10H2,1H3,(H,15,17);2*1H. The van der Waals surface area contributed by atoms with E-state index in [1.54, 1.807) is 0 Å². The van der Waals surface area contributed by atoms with Gasteiger partial charge in [-0.1, -0.05) is 6.92 Å². The van der Waals surface area contributed by atoms with Crippen molar-refractivity contribution in [3.05, 3.63) is 0 Å². The van der Waals surface area contributed by atoms with Crippen LogP contribution in [0.2, 0.25) is 0 Å². The molecule has 1 amide bonds. The average Bonchev–Trinajstić information content (AvgIpc) is 2.79. The maximum atomic E-state index is 12.2. The molecule has 2 aliphatic rings. The Morgan fingerprint density at radius 1 is 1.32 bits per heavy atom. The first-order valence-electron chi connectivity index (χ1n) is 7.06. The number of hydrogen-bond acceptors (Lipinski definition) is 3. The Labute approximate surface area is 128 Å². The quantitative estimate of drug-likeness (QED) is 0.828. The molecule has 2 atom stereocenters. The van der Waals surface area contributed by atoms with Gasteiger partial charge in [0, 0.05) is 12.6 Å². The van der Waals surface area contributed by atoms with Crippen LogP contribution in [-0.4, -0.2) is 49.1 Å². The summed E-state index contributed by atoms with van der Waals surface area (Å²) in [6.45, 7) is 6.36. The molecule has 2 fully saturated rings. The molecular formula is C13H27Cl2N3O. The molecule has 0 aromatic heterocycles. The summed E-state index contributed by atoms with van der Waals surface area (Å²) >= 11 is 0. The van der Waals surface area contributed by atoms with Gasteiger partial charge in [-0.3, -0.25) is 9.69 Å². The van der Waals surface area contributed by atoms with E-state index in [1.165, 1.54) is 12.8 Å². The van der Waals surface area contributed by atoms with Crippen molar-refractivity contribution >= 4 is 30.7 Å². The molecule has 0 aliphatic carbocycles. The zero-order valence-corrected chi connectivity index (χ0v) is 13.3. The first-order valence-corrected chi connectivity index (χ1v) is 7.06. The highest BCUT2D eigenvalue weighted by Gasteiger charge is 2.31. The van der Waals surface area contributed by atoms with Gasteiger partial charge in [0.1, 0.15) is 0 Å². The molecule has 2 unspecified atom stereocenters. The van der Waals surface area contributed by atoms with Crippen molar-refractivity contribution in [2.45, 2.75) is 51.1 Å². The number of piperidine rings is 1. The fraction of sp³-hybridized carbons (Fsp3) is 0.923. The molecule has 19 heavy (non-hydrogen) atoms. The van der Waals surface area contributed by atoms with E-state index >= 15 is 0 Å². The maximum Gasteiger partial charge on any atom is 0.237 e. The van der Waals surface area contributed by atoms with Gasteiger partial charge in [0.25, 0.3) is 0 Å². The summed E-state index contributed by atoms with van der Waals surface area (Å²) in [5, 5.41) is 6.54. The van der Waals surface area contributed by atoms with Crippen LogP contribution >= 0.6 is 24.8 Å². The van der Waals surface area contributed by atoms with E-state index < -0.39 is 0 Å². The molecule has 2 saturated heterocycles. The van der Waals surface area contributed by atoms with Crippen molar-refractivity contribution in [2.24, 2.45) is 0 Å². The predicted molar refractivity (Wildman–Crippen MR) is 83.4 cm³/mol. The minimum absolute atomic E-state index is 0. The molecule has 6 heteroatoms. The van der Waals surface area contributed by atoms with Crippen LogP contribution in [0.3, 0.4) is 0 Å². The normalized spacial score (nSPS) is 27.2. The highest BCUT2D eigenvalue weighted by Crippen LogP contribution is 2.18. The predicted octanol–water partition coefficient (Wildman–Crippen LogP) is 1.57. The lowest BCUT2D eigenvalue weighted by Gasteiger charge is -2.28. The highest BCUT2D eigenvalue weighted by atomic mass is 35.5. The third-order valence-electron chi connectivity index (χ3n) is 3.82. The van der Waals surface area contributed by atoms with Crippen LogP contribution in [-0.2, 0) is 4.79 Å². The van der Waals surface area contributed by atoms with E-state index in [4.69, 9.17) is 0 Å². The van der Waals surface area contributed by atoms with Crippen LogP contribution in [0.4, 0.5) is 0 Å². The van der Waals surface area contributed by atoms with Gasteiger partial charge in [-0.05, 0) is 51.7 Å². The van der Waals surface area contributed by atoms with Gasteiger partial charge in [-0.2, -0.15) is 0 Å². The molecule has 0 spiro atoms. The number of likely N-dealkylation sites (tertiary alicyclic amines) is 1. The van der Waals surface area contributed by atoms with E-state index in [-0.39, 0.29) is 36.8 Å². The first-order chi connectivity index (χ1) is 8.31. The van der Waals surface area contributed by atoms with Crippen LogP contribution in [0.1, 0.15) is 39.0 Å². The van der Waals surface area contributed by atoms with Crippen molar-refractivity contribution < 1.29 is 4.79 Å². The van der Waals surface area contributed by atoms with Crippen LogP contribution < -0.4 is 10.6 Å². The minimum atomic E-state index is 0. The fourth-order valence-electron chi connectivity index (χ4n) is 2.95. The average molecular weight is 312 g/mol. The SMILES string of the molecule is CCCN1CCCC1C(=O)NC1CCCNC1.Cl.Cl. The number of rotatable bonds is 4. The second-order valence-electron chi connectivity index (χ2n) is 5.25. The van der Waals surface area contributed by atoms with Crippen molar-refractivity contribution in [1.82, 2.24) is 15.5 Å². The third-order valence-corrected chi connectivity index (χ3v) is 3.82. The molecule has 2 heterocycles. The summed E-state index contributed by atoms with van der Waals surface area (Å²) in [6, 6.07) is 0.484. The van der Waals surface area contributed by atoms with Crippen LogP contribution in [0, 0.1) is 0 Å². The van der Waals surface area contributed by atoms with E-state index in [0.717, 1.165) is 45.4 Å². The lowest BCUT2D eigenvalue weighted by Crippen LogP contribution is -2.51. The summed E-state index contributed by atoms with van der Waals surface area (Å²) in [7, 11) is 0. The molecule has 0 bridgehead atoms. The second-order valence-corrected chi connectivity index (χ2v) is 5.25. The molecule has 0 saturated carbocycles. The fourth-order valence-corrected chi connectivity index (χ4v) is 2.95. The Morgan fingerprint density at radius 3 is 2.74 bits per heavy atom. The summed E-state index contributed by atoms with van der Waals surface area (Å²) in [4.78, 5) is 14.6. The monoisotopic (exact) mass is 311 g/mol. The molecule has 4 nitrogen and oxygen atoms in total. The topological polar surface area (TPSA) is 44.4 Å². The summed E-state index contributed by atoms with van der Waals surface area (Å²) in [5.41, 5.74) is 0. The van der Waals surface area contributed by atoms with E-state index in [2.05, 4.69) is 22.5 Å².